The van der Waals surface area contributed by atoms with Gasteiger partial charge in [0.2, 0.25) is 0 Å². The first-order chi connectivity index (χ1) is 8.88. The van der Waals surface area contributed by atoms with Gasteiger partial charge in [-0.2, -0.15) is 5.10 Å². The Hall–Kier alpha value is -1.37. The number of rotatable bonds is 2. The molecule has 0 saturated heterocycles. The molecule has 0 aliphatic carbocycles. The molecule has 1 aliphatic rings. The molecule has 0 amide bonds. The van der Waals surface area contributed by atoms with Crippen LogP contribution in [0.15, 0.2) is 34.8 Å². The Labute approximate surface area is 112 Å². The predicted octanol–water partition coefficient (Wildman–Crippen LogP) is 2.65. The highest BCUT2D eigenvalue weighted by Gasteiger charge is 2.14. The van der Waals surface area contributed by atoms with Crippen LogP contribution in [0.5, 0.6) is 0 Å². The van der Waals surface area contributed by atoms with E-state index in [9.17, 15) is 0 Å². The number of nitrogens with one attached hydrogen (secondary N) is 1. The van der Waals surface area contributed by atoms with Crippen molar-refractivity contribution in [2.24, 2.45) is 0 Å². The Bertz CT molecular complexity index is 694. The van der Waals surface area contributed by atoms with Crippen molar-refractivity contribution in [3.05, 3.63) is 41.2 Å². The molecule has 4 rings (SSSR count). The molecule has 0 unspecified atom stereocenters. The van der Waals surface area contributed by atoms with E-state index in [0.29, 0.717) is 0 Å². The van der Waals surface area contributed by atoms with Gasteiger partial charge in [-0.15, -0.1) is 11.3 Å². The van der Waals surface area contributed by atoms with E-state index in [2.05, 4.69) is 39.8 Å². The van der Waals surface area contributed by atoms with E-state index in [1.165, 1.54) is 20.9 Å². The topological polar surface area (TPSA) is 42.7 Å². The van der Waals surface area contributed by atoms with Gasteiger partial charge >= 0.3 is 0 Å². The van der Waals surface area contributed by atoms with Gasteiger partial charge in [-0.05, 0) is 18.2 Å². The third kappa shape index (κ3) is 1.73. The van der Waals surface area contributed by atoms with Crippen LogP contribution in [0.3, 0.4) is 0 Å². The lowest BCUT2D eigenvalue weighted by molar-refractivity contribution is 0.736. The molecule has 1 N–H and O–H groups in total. The first-order valence-corrected chi connectivity index (χ1v) is 7.33. The van der Waals surface area contributed by atoms with E-state index < -0.39 is 0 Å². The maximum absolute atomic E-state index is 4.56. The van der Waals surface area contributed by atoms with Crippen LogP contribution in [0.1, 0.15) is 11.3 Å². The molecule has 1 aromatic carbocycles. The minimum atomic E-state index is 0.886. The van der Waals surface area contributed by atoms with Gasteiger partial charge in [0.05, 0.1) is 21.4 Å². The molecule has 1 aliphatic heterocycles. The average molecular weight is 274 g/mol. The summed E-state index contributed by atoms with van der Waals surface area (Å²) in [5, 5.41) is 7.85. The summed E-state index contributed by atoms with van der Waals surface area (Å²) in [5.74, 6) is 0. The van der Waals surface area contributed by atoms with Gasteiger partial charge in [0.25, 0.3) is 0 Å². The quantitative estimate of drug-likeness (QED) is 0.780. The number of aromatic nitrogens is 3. The van der Waals surface area contributed by atoms with Crippen LogP contribution in [0.25, 0.3) is 10.2 Å². The molecular formula is C12H10N4S2. The molecule has 0 atom stereocenters. The first-order valence-electron chi connectivity index (χ1n) is 5.68. The smallest absolute Gasteiger partial charge is 0.0818 e. The fourth-order valence-corrected chi connectivity index (χ4v) is 3.70. The fraction of sp³-hybridized carbons (Fsp3) is 0.167. The molecule has 90 valence electrons. The second-order valence-corrected chi connectivity index (χ2v) is 6.09. The summed E-state index contributed by atoms with van der Waals surface area (Å²) in [5.41, 5.74) is 5.42. The van der Waals surface area contributed by atoms with E-state index in [1.54, 1.807) is 23.3 Å². The van der Waals surface area contributed by atoms with E-state index >= 15 is 0 Å². The van der Waals surface area contributed by atoms with Crippen LogP contribution in [0, 0.1) is 0 Å². The average Bonchev–Trinajstić information content (AvgIpc) is 3.02. The predicted molar refractivity (Wildman–Crippen MR) is 73.6 cm³/mol. The molecule has 0 fully saturated rings. The normalized spacial score (nSPS) is 14.2. The zero-order valence-electron chi connectivity index (χ0n) is 9.46. The van der Waals surface area contributed by atoms with Gasteiger partial charge < -0.3 is 5.32 Å². The van der Waals surface area contributed by atoms with E-state index in [1.807, 2.05) is 9.60 Å². The Kier molecular flexibility index (Phi) is 2.39. The lowest BCUT2D eigenvalue weighted by Crippen LogP contribution is -2.03. The molecule has 6 heteroatoms. The van der Waals surface area contributed by atoms with Crippen molar-refractivity contribution in [1.82, 2.24) is 19.5 Å². The van der Waals surface area contributed by atoms with Crippen LogP contribution < -0.4 is 5.32 Å². The summed E-state index contributed by atoms with van der Waals surface area (Å²) in [4.78, 5) is 5.48. The number of hydrogen-bond acceptors (Lipinski definition) is 5. The summed E-state index contributed by atoms with van der Waals surface area (Å²) < 4.78 is 3.18. The SMILES string of the molecule is c1nc2ccc(Sn3cc4c(n3)CNC4)cc2s1. The highest BCUT2D eigenvalue weighted by Crippen LogP contribution is 2.27. The summed E-state index contributed by atoms with van der Waals surface area (Å²) in [7, 11) is 0. The molecule has 3 aromatic rings. The molecule has 0 spiro atoms. The van der Waals surface area contributed by atoms with Crippen molar-refractivity contribution >= 4 is 33.5 Å². The highest BCUT2D eigenvalue weighted by molar-refractivity contribution is 7.97. The molecule has 3 heterocycles. The van der Waals surface area contributed by atoms with Gasteiger partial charge in [-0.25, -0.2) is 9.07 Å². The fourth-order valence-electron chi connectivity index (χ4n) is 2.08. The van der Waals surface area contributed by atoms with Crippen molar-refractivity contribution < 1.29 is 0 Å². The van der Waals surface area contributed by atoms with Crippen molar-refractivity contribution in [3.8, 4) is 0 Å². The molecule has 2 aromatic heterocycles. The molecule has 0 bridgehead atoms. The second kappa shape index (κ2) is 4.08. The Morgan fingerprint density at radius 1 is 1.33 bits per heavy atom. The van der Waals surface area contributed by atoms with Crippen molar-refractivity contribution in [3.63, 3.8) is 0 Å². The van der Waals surface area contributed by atoms with Crippen LogP contribution >= 0.6 is 23.3 Å². The number of thiazole rings is 1. The first kappa shape index (κ1) is 10.5. The lowest BCUT2D eigenvalue weighted by Gasteiger charge is -2.01. The van der Waals surface area contributed by atoms with Gasteiger partial charge in [0.15, 0.2) is 0 Å². The maximum atomic E-state index is 4.56. The van der Waals surface area contributed by atoms with Crippen molar-refractivity contribution in [1.29, 1.82) is 0 Å². The molecule has 4 nitrogen and oxygen atoms in total. The van der Waals surface area contributed by atoms with Crippen molar-refractivity contribution in [2.45, 2.75) is 18.0 Å². The summed E-state index contributed by atoms with van der Waals surface area (Å²) in [6, 6.07) is 6.33. The van der Waals surface area contributed by atoms with Crippen LogP contribution in [0.2, 0.25) is 0 Å². The zero-order chi connectivity index (χ0) is 11.9. The molecule has 18 heavy (non-hydrogen) atoms. The minimum Gasteiger partial charge on any atom is -0.307 e. The van der Waals surface area contributed by atoms with Gasteiger partial charge in [0, 0.05) is 41.7 Å². The lowest BCUT2D eigenvalue weighted by atomic mass is 10.3. The maximum Gasteiger partial charge on any atom is 0.0818 e. The van der Waals surface area contributed by atoms with Crippen molar-refractivity contribution in [2.75, 3.05) is 0 Å². The van der Waals surface area contributed by atoms with E-state index in [0.717, 1.165) is 18.6 Å². The summed E-state index contributed by atoms with van der Waals surface area (Å²) in [6.07, 6.45) is 2.11. The number of nitrogens with zero attached hydrogens (tertiary/aromatic N) is 3. The number of fused-ring (bicyclic) bond motifs is 2. The minimum absolute atomic E-state index is 0.886. The van der Waals surface area contributed by atoms with Gasteiger partial charge in [-0.3, -0.25) is 0 Å². The second-order valence-electron chi connectivity index (χ2n) is 4.18. The van der Waals surface area contributed by atoms with Gasteiger partial charge in [-0.1, -0.05) is 0 Å². The standard InChI is InChI=1S/C12H10N4S2/c1-2-10-12(17-7-14-10)3-9(1)18-16-6-8-4-13-5-11(8)15-16/h1-3,6-7,13H,4-5H2. The monoisotopic (exact) mass is 274 g/mol. The third-order valence-corrected chi connectivity index (χ3v) is 4.60. The largest absolute Gasteiger partial charge is 0.307 e. The number of benzene rings is 1. The Morgan fingerprint density at radius 2 is 2.33 bits per heavy atom. The number of hydrogen-bond donors (Lipinski definition) is 1. The molecule has 0 saturated carbocycles. The molecule has 0 radical (unpaired) electrons. The molecular weight excluding hydrogens is 264 g/mol. The zero-order valence-corrected chi connectivity index (χ0v) is 11.1. The van der Waals surface area contributed by atoms with Gasteiger partial charge in [0.1, 0.15) is 0 Å². The van der Waals surface area contributed by atoms with E-state index in [4.69, 9.17) is 0 Å². The third-order valence-electron chi connectivity index (χ3n) is 2.97. The highest BCUT2D eigenvalue weighted by atomic mass is 32.2. The Morgan fingerprint density at radius 3 is 3.28 bits per heavy atom. The van der Waals surface area contributed by atoms with Crippen LogP contribution in [-0.4, -0.2) is 14.2 Å². The van der Waals surface area contributed by atoms with Crippen LogP contribution in [0.4, 0.5) is 0 Å². The Balaban J connectivity index is 1.66. The summed E-state index contributed by atoms with van der Waals surface area (Å²) >= 11 is 3.32. The van der Waals surface area contributed by atoms with Crippen LogP contribution in [-0.2, 0) is 13.1 Å². The van der Waals surface area contributed by atoms with E-state index in [-0.39, 0.29) is 0 Å². The summed E-state index contributed by atoms with van der Waals surface area (Å²) in [6.45, 7) is 1.82.